The van der Waals surface area contributed by atoms with Crippen molar-refractivity contribution < 1.29 is 4.57 Å². The second-order valence-corrected chi connectivity index (χ2v) is 5.98. The predicted molar refractivity (Wildman–Crippen MR) is 81.7 cm³/mol. The lowest BCUT2D eigenvalue weighted by Gasteiger charge is -2.02. The molecule has 0 radical (unpaired) electrons. The molecule has 3 aromatic rings. The zero-order valence-corrected chi connectivity index (χ0v) is 12.2. The summed E-state index contributed by atoms with van der Waals surface area (Å²) >= 11 is 7.13. The molecule has 0 spiro atoms. The molecule has 19 heavy (non-hydrogen) atoms. The van der Waals surface area contributed by atoms with Gasteiger partial charge in [0.2, 0.25) is 5.69 Å². The smallest absolute Gasteiger partial charge is 0.210 e. The van der Waals surface area contributed by atoms with Crippen molar-refractivity contribution in [2.24, 2.45) is 0 Å². The highest BCUT2D eigenvalue weighted by atomic mass is 32.2. The van der Waals surface area contributed by atoms with Gasteiger partial charge < -0.3 is 12.6 Å². The molecule has 0 aliphatic carbocycles. The van der Waals surface area contributed by atoms with Crippen molar-refractivity contribution in [3.05, 3.63) is 66.4 Å². The minimum atomic E-state index is 0.947. The summed E-state index contributed by atoms with van der Waals surface area (Å²) in [7, 11) is 0. The first kappa shape index (κ1) is 12.3. The van der Waals surface area contributed by atoms with E-state index in [1.54, 1.807) is 11.3 Å². The predicted octanol–water partition coefficient (Wildman–Crippen LogP) is 3.91. The number of hydrogen-bond acceptors (Lipinski definition) is 2. The van der Waals surface area contributed by atoms with E-state index >= 15 is 0 Å². The van der Waals surface area contributed by atoms with E-state index in [0.29, 0.717) is 0 Å². The molecule has 2 aromatic carbocycles. The van der Waals surface area contributed by atoms with E-state index in [2.05, 4.69) is 60.0 Å². The van der Waals surface area contributed by atoms with Crippen LogP contribution in [0.2, 0.25) is 0 Å². The van der Waals surface area contributed by atoms with Crippen molar-refractivity contribution in [3.8, 4) is 16.3 Å². The van der Waals surface area contributed by atoms with E-state index in [4.69, 9.17) is 12.6 Å². The Kier molecular flexibility index (Phi) is 3.32. The molecule has 0 unspecified atom stereocenters. The molecule has 0 amide bonds. The van der Waals surface area contributed by atoms with Crippen LogP contribution in [-0.4, -0.2) is 0 Å². The van der Waals surface area contributed by atoms with Gasteiger partial charge in [-0.1, -0.05) is 36.4 Å². The van der Waals surface area contributed by atoms with E-state index in [0.717, 1.165) is 15.6 Å². The van der Waals surface area contributed by atoms with Crippen LogP contribution < -0.4 is 4.57 Å². The topological polar surface area (TPSA) is 3.88 Å². The Morgan fingerprint density at radius 1 is 0.895 bits per heavy atom. The van der Waals surface area contributed by atoms with Crippen LogP contribution in [0.25, 0.3) is 16.3 Å². The fourth-order valence-electron chi connectivity index (χ4n) is 2.11. The molecule has 3 rings (SSSR count). The van der Waals surface area contributed by atoms with Crippen LogP contribution in [0.15, 0.2) is 64.9 Å². The molecule has 0 fully saturated rings. The summed E-state index contributed by atoms with van der Waals surface area (Å²) < 4.78 is 3.19. The molecule has 0 atom stereocenters. The van der Waals surface area contributed by atoms with E-state index in [1.807, 2.05) is 12.1 Å². The van der Waals surface area contributed by atoms with Gasteiger partial charge in [0.1, 0.15) is 0 Å². The molecule has 0 bridgehead atoms. The molecule has 0 saturated carbocycles. The number of thiazole rings is 1. The number of para-hydroxylation sites is 1. The molecular formula is C16H13NS2. The molecule has 0 saturated heterocycles. The second-order valence-electron chi connectivity index (χ2n) is 4.32. The number of rotatable bonds is 2. The maximum Gasteiger partial charge on any atom is 0.210 e. The largest absolute Gasteiger partial charge is 0.422 e. The maximum atomic E-state index is 5.46. The van der Waals surface area contributed by atoms with Crippen molar-refractivity contribution in [2.45, 2.75) is 11.1 Å². The summed E-state index contributed by atoms with van der Waals surface area (Å²) in [5, 5.41) is 1.19. The van der Waals surface area contributed by atoms with E-state index in [-0.39, 0.29) is 0 Å². The Bertz CT molecular complexity index is 688. The monoisotopic (exact) mass is 283 g/mol. The van der Waals surface area contributed by atoms with Crippen LogP contribution in [0, 0.1) is 6.92 Å². The first-order valence-electron chi connectivity index (χ1n) is 6.10. The van der Waals surface area contributed by atoms with Crippen molar-refractivity contribution in [3.63, 3.8) is 0 Å². The fourth-order valence-corrected chi connectivity index (χ4v) is 3.44. The van der Waals surface area contributed by atoms with Crippen molar-refractivity contribution >= 4 is 24.0 Å². The minimum absolute atomic E-state index is 0.947. The first-order valence-corrected chi connectivity index (χ1v) is 7.33. The van der Waals surface area contributed by atoms with Gasteiger partial charge in [-0.3, -0.25) is 11.3 Å². The molecule has 0 N–H and O–H groups in total. The molecule has 0 aliphatic heterocycles. The van der Waals surface area contributed by atoms with E-state index in [1.165, 1.54) is 10.6 Å². The van der Waals surface area contributed by atoms with Crippen molar-refractivity contribution in [2.75, 3.05) is 0 Å². The summed E-state index contributed by atoms with van der Waals surface area (Å²) in [6.07, 6.45) is 0. The minimum Gasteiger partial charge on any atom is -0.422 e. The SMILES string of the molecule is Cc1c([S-])sc(-c2ccccc2)[n+]1-c1ccccc1. The van der Waals surface area contributed by atoms with Gasteiger partial charge in [-0.15, -0.1) is 0 Å². The zero-order valence-electron chi connectivity index (χ0n) is 10.5. The Balaban J connectivity index is 2.25. The quantitative estimate of drug-likeness (QED) is 0.509. The third kappa shape index (κ3) is 2.27. The zero-order chi connectivity index (χ0) is 13.2. The summed E-state index contributed by atoms with van der Waals surface area (Å²) in [6.45, 7) is 2.08. The van der Waals surface area contributed by atoms with Crippen molar-refractivity contribution in [1.29, 1.82) is 0 Å². The maximum absolute atomic E-state index is 5.46. The number of nitrogens with zero attached hydrogens (tertiary/aromatic N) is 1. The normalized spacial score (nSPS) is 10.6. The second kappa shape index (κ2) is 5.11. The molecule has 1 aromatic heterocycles. The van der Waals surface area contributed by atoms with Crippen LogP contribution in [0.4, 0.5) is 0 Å². The van der Waals surface area contributed by atoms with Gasteiger partial charge in [-0.25, -0.2) is 0 Å². The van der Waals surface area contributed by atoms with Gasteiger partial charge in [-0.05, 0) is 16.3 Å². The number of aromatic nitrogens is 1. The highest BCUT2D eigenvalue weighted by molar-refractivity contribution is 7.63. The van der Waals surface area contributed by atoms with Crippen LogP contribution in [0.3, 0.4) is 0 Å². The average Bonchev–Trinajstić information content (AvgIpc) is 2.77. The first-order chi connectivity index (χ1) is 9.27. The molecule has 94 valence electrons. The van der Waals surface area contributed by atoms with Crippen LogP contribution >= 0.6 is 11.3 Å². The van der Waals surface area contributed by atoms with Crippen molar-refractivity contribution in [1.82, 2.24) is 0 Å². The van der Waals surface area contributed by atoms with Crippen LogP contribution in [0.1, 0.15) is 5.69 Å². The number of hydrogen-bond donors (Lipinski definition) is 0. The van der Waals surface area contributed by atoms with Gasteiger partial charge in [0.15, 0.2) is 10.7 Å². The summed E-state index contributed by atoms with van der Waals surface area (Å²) in [4.78, 5) is 0. The highest BCUT2D eigenvalue weighted by Gasteiger charge is 2.18. The average molecular weight is 283 g/mol. The molecule has 0 aliphatic rings. The molecular weight excluding hydrogens is 270 g/mol. The Labute approximate surface area is 122 Å². The Morgan fingerprint density at radius 2 is 1.47 bits per heavy atom. The van der Waals surface area contributed by atoms with Gasteiger partial charge in [0, 0.05) is 24.6 Å². The lowest BCUT2D eigenvalue weighted by molar-refractivity contribution is -0.587. The lowest BCUT2D eigenvalue weighted by Crippen LogP contribution is -2.33. The third-order valence-electron chi connectivity index (χ3n) is 3.06. The summed E-state index contributed by atoms with van der Waals surface area (Å²) in [6, 6.07) is 20.8. The molecule has 1 nitrogen and oxygen atoms in total. The standard InChI is InChI=1S/C16H13NS2/c1-12-16(18)19-15(13-8-4-2-5-9-13)17(12)14-10-6-3-7-11-14/h2-11H,1H3. The third-order valence-corrected chi connectivity index (χ3v) is 4.70. The fraction of sp³-hybridized carbons (Fsp3) is 0.0625. The lowest BCUT2D eigenvalue weighted by atomic mass is 10.2. The Hall–Kier alpha value is -1.71. The van der Waals surface area contributed by atoms with Crippen LogP contribution in [-0.2, 0) is 12.6 Å². The molecule has 3 heteroatoms. The Morgan fingerprint density at radius 3 is 2.11 bits per heavy atom. The van der Waals surface area contributed by atoms with Gasteiger partial charge in [0.05, 0.1) is 0 Å². The summed E-state index contributed by atoms with van der Waals surface area (Å²) in [5.41, 5.74) is 3.49. The summed E-state index contributed by atoms with van der Waals surface area (Å²) in [5.74, 6) is 0. The van der Waals surface area contributed by atoms with Gasteiger partial charge in [0.25, 0.3) is 0 Å². The van der Waals surface area contributed by atoms with E-state index < -0.39 is 0 Å². The van der Waals surface area contributed by atoms with Crippen LogP contribution in [0.5, 0.6) is 0 Å². The van der Waals surface area contributed by atoms with Gasteiger partial charge >= 0.3 is 0 Å². The molecule has 1 heterocycles. The highest BCUT2D eigenvalue weighted by Crippen LogP contribution is 2.27. The van der Waals surface area contributed by atoms with Gasteiger partial charge in [-0.2, -0.15) is 4.57 Å². The number of benzene rings is 2. The van der Waals surface area contributed by atoms with E-state index in [9.17, 15) is 0 Å².